The molecule has 17 heavy (non-hydrogen) atoms. The zero-order valence-electron chi connectivity index (χ0n) is 12.0. The molecule has 0 radical (unpaired) electrons. The summed E-state index contributed by atoms with van der Waals surface area (Å²) >= 11 is 0. The first-order valence-electron chi connectivity index (χ1n) is 6.74. The first-order valence-corrected chi connectivity index (χ1v) is 6.74. The zero-order chi connectivity index (χ0) is 12.9. The highest BCUT2D eigenvalue weighted by molar-refractivity contribution is 4.51. The highest BCUT2D eigenvalue weighted by atomic mass is 16.5. The Hall–Kier alpha value is -0.160. The number of hydrogen-bond acceptors (Lipinski definition) is 4. The molecule has 0 saturated heterocycles. The summed E-state index contributed by atoms with van der Waals surface area (Å²) in [7, 11) is 2.13. The number of ether oxygens (including phenoxy) is 2. The van der Waals surface area contributed by atoms with E-state index in [0.717, 1.165) is 32.8 Å². The van der Waals surface area contributed by atoms with Crippen LogP contribution in [0.25, 0.3) is 0 Å². The van der Waals surface area contributed by atoms with Crippen LogP contribution in [0, 0.1) is 0 Å². The van der Waals surface area contributed by atoms with Crippen molar-refractivity contribution < 1.29 is 10.9 Å². The lowest BCUT2D eigenvalue weighted by Gasteiger charge is -2.15. The van der Waals surface area contributed by atoms with Gasteiger partial charge in [0.25, 0.3) is 0 Å². The van der Waals surface area contributed by atoms with Gasteiger partial charge in [0.15, 0.2) is 0 Å². The van der Waals surface area contributed by atoms with Crippen LogP contribution in [0.5, 0.6) is 0 Å². The first kappa shape index (κ1) is 16.8. The fraction of sp³-hybridized carbons (Fsp3) is 1.00. The molecule has 0 aromatic rings. The topological polar surface area (TPSA) is 33.7 Å². The molecule has 0 aromatic carbocycles. The van der Waals surface area contributed by atoms with Gasteiger partial charge in [-0.15, -0.1) is 0 Å². The third-order valence-corrected chi connectivity index (χ3v) is 2.39. The number of likely N-dealkylation sites (N-methyl/N-ethyl adjacent to an activating group) is 1. The largest absolute Gasteiger partial charge is 0.378 e. The number of hydrogen-bond donors (Lipinski definition) is 1. The normalized spacial score (nSPS) is 11.6. The van der Waals surface area contributed by atoms with E-state index in [1.54, 1.807) is 0 Å². The molecule has 0 saturated carbocycles. The van der Waals surface area contributed by atoms with Crippen LogP contribution >= 0.6 is 0 Å². The summed E-state index contributed by atoms with van der Waals surface area (Å²) in [4.78, 5) is 2.29. The van der Waals surface area contributed by atoms with Gasteiger partial charge >= 0.3 is 0 Å². The lowest BCUT2D eigenvalue weighted by atomic mass is 10.4. The Kier molecular flexibility index (Phi) is 12.2. The molecule has 0 aliphatic rings. The van der Waals surface area contributed by atoms with Gasteiger partial charge in [-0.25, -0.2) is 0 Å². The Morgan fingerprint density at radius 2 is 1.71 bits per heavy atom. The van der Waals surface area contributed by atoms with Gasteiger partial charge in [-0.3, -0.25) is 0 Å². The van der Waals surface area contributed by atoms with Crippen molar-refractivity contribution in [3.8, 4) is 0 Å². The third-order valence-electron chi connectivity index (χ3n) is 2.39. The Morgan fingerprint density at radius 1 is 1.06 bits per heavy atom. The molecular weight excluding hydrogens is 216 g/mol. The van der Waals surface area contributed by atoms with E-state index in [9.17, 15) is 0 Å². The minimum absolute atomic E-state index is 0. The molecule has 0 bridgehead atoms. The summed E-state index contributed by atoms with van der Waals surface area (Å²) in [5, 5.41) is 3.30. The van der Waals surface area contributed by atoms with Crippen molar-refractivity contribution in [3.63, 3.8) is 0 Å². The predicted octanol–water partition coefficient (Wildman–Crippen LogP) is 1.61. The summed E-state index contributed by atoms with van der Waals surface area (Å²) in [5.74, 6) is 0. The van der Waals surface area contributed by atoms with E-state index in [1.807, 2.05) is 0 Å². The van der Waals surface area contributed by atoms with Gasteiger partial charge in [-0.05, 0) is 20.0 Å². The van der Waals surface area contributed by atoms with Crippen molar-refractivity contribution in [2.24, 2.45) is 0 Å². The Balaban J connectivity index is 0. The van der Waals surface area contributed by atoms with E-state index in [-0.39, 0.29) is 1.43 Å². The zero-order valence-corrected chi connectivity index (χ0v) is 12.0. The molecule has 0 rings (SSSR count). The maximum atomic E-state index is 5.49. The van der Waals surface area contributed by atoms with Gasteiger partial charge < -0.3 is 19.7 Å². The molecule has 0 spiro atoms. The molecule has 4 heteroatoms. The minimum atomic E-state index is 0. The fourth-order valence-electron chi connectivity index (χ4n) is 1.46. The second-order valence-corrected chi connectivity index (χ2v) is 4.64. The smallest absolute Gasteiger partial charge is 0.0701 e. The molecule has 0 aliphatic carbocycles. The molecule has 4 nitrogen and oxygen atoms in total. The molecule has 0 aliphatic heterocycles. The van der Waals surface area contributed by atoms with Crippen LogP contribution in [-0.2, 0) is 9.47 Å². The Morgan fingerprint density at radius 3 is 2.29 bits per heavy atom. The van der Waals surface area contributed by atoms with Crippen LogP contribution in [0.2, 0.25) is 0 Å². The third kappa shape index (κ3) is 13.8. The average molecular weight is 248 g/mol. The maximum absolute atomic E-state index is 5.49. The van der Waals surface area contributed by atoms with Gasteiger partial charge in [0.05, 0.1) is 26.4 Å². The molecule has 0 heterocycles. The molecule has 106 valence electrons. The van der Waals surface area contributed by atoms with Crippen molar-refractivity contribution in [1.82, 2.24) is 10.2 Å². The molecular formula is C13H32N2O2. The Bertz CT molecular complexity index is 160. The molecule has 0 aromatic heterocycles. The van der Waals surface area contributed by atoms with Crippen molar-refractivity contribution >= 4 is 0 Å². The molecule has 0 amide bonds. The van der Waals surface area contributed by atoms with E-state index in [0.29, 0.717) is 19.3 Å². The monoisotopic (exact) mass is 248 g/mol. The highest BCUT2D eigenvalue weighted by Gasteiger charge is 1.96. The number of nitrogens with zero attached hydrogens (tertiary/aromatic N) is 1. The van der Waals surface area contributed by atoms with Crippen LogP contribution in [0.15, 0.2) is 0 Å². The molecule has 0 atom stereocenters. The van der Waals surface area contributed by atoms with Gasteiger partial charge in [0.1, 0.15) is 0 Å². The summed E-state index contributed by atoms with van der Waals surface area (Å²) < 4.78 is 10.9. The molecule has 0 fully saturated rings. The second-order valence-electron chi connectivity index (χ2n) is 4.64. The SMILES string of the molecule is CCCN(C)CCOCCOCCNC(C)C.[HH]. The number of rotatable bonds is 12. The summed E-state index contributed by atoms with van der Waals surface area (Å²) in [5.41, 5.74) is 0. The van der Waals surface area contributed by atoms with E-state index in [1.165, 1.54) is 6.42 Å². The van der Waals surface area contributed by atoms with Gasteiger partial charge in [0.2, 0.25) is 0 Å². The minimum Gasteiger partial charge on any atom is -0.378 e. The first-order chi connectivity index (χ1) is 8.16. The Labute approximate surface area is 108 Å². The van der Waals surface area contributed by atoms with E-state index in [2.05, 4.69) is 38.0 Å². The number of nitrogens with one attached hydrogen (secondary N) is 1. The predicted molar refractivity (Wildman–Crippen MR) is 74.7 cm³/mol. The van der Waals surface area contributed by atoms with Crippen LogP contribution < -0.4 is 5.32 Å². The van der Waals surface area contributed by atoms with Crippen LogP contribution in [0.3, 0.4) is 0 Å². The van der Waals surface area contributed by atoms with Crippen molar-refractivity contribution in [2.75, 3.05) is 53.1 Å². The fourth-order valence-corrected chi connectivity index (χ4v) is 1.46. The van der Waals surface area contributed by atoms with Gasteiger partial charge in [-0.2, -0.15) is 0 Å². The lowest BCUT2D eigenvalue weighted by molar-refractivity contribution is 0.0416. The average Bonchev–Trinajstić information content (AvgIpc) is 2.27. The van der Waals surface area contributed by atoms with E-state index >= 15 is 0 Å². The quantitative estimate of drug-likeness (QED) is 0.532. The van der Waals surface area contributed by atoms with Crippen molar-refractivity contribution in [1.29, 1.82) is 0 Å². The molecule has 1 N–H and O–H groups in total. The summed E-state index contributed by atoms with van der Waals surface area (Å²) in [6.07, 6.45) is 1.20. The summed E-state index contributed by atoms with van der Waals surface area (Å²) in [6, 6.07) is 0.531. The van der Waals surface area contributed by atoms with Crippen LogP contribution in [0.1, 0.15) is 28.6 Å². The van der Waals surface area contributed by atoms with Crippen molar-refractivity contribution in [3.05, 3.63) is 0 Å². The molecule has 0 unspecified atom stereocenters. The van der Waals surface area contributed by atoms with Crippen LogP contribution in [-0.4, -0.2) is 64.1 Å². The highest BCUT2D eigenvalue weighted by Crippen LogP contribution is 1.87. The standard InChI is InChI=1S/C13H30N2O2.H2/c1-5-7-15(4)8-10-17-12-11-16-9-6-14-13(2)3;/h13-14H,5-12H2,1-4H3;1H. The van der Waals surface area contributed by atoms with Gasteiger partial charge in [-0.1, -0.05) is 20.8 Å². The maximum Gasteiger partial charge on any atom is 0.0701 e. The van der Waals surface area contributed by atoms with Crippen LogP contribution in [0.4, 0.5) is 0 Å². The van der Waals surface area contributed by atoms with Gasteiger partial charge in [0, 0.05) is 20.6 Å². The summed E-state index contributed by atoms with van der Waals surface area (Å²) in [6.45, 7) is 12.5. The lowest BCUT2D eigenvalue weighted by Crippen LogP contribution is -2.27. The van der Waals surface area contributed by atoms with E-state index in [4.69, 9.17) is 9.47 Å². The van der Waals surface area contributed by atoms with E-state index < -0.39 is 0 Å². The second kappa shape index (κ2) is 12.3. The van der Waals surface area contributed by atoms with Crippen molar-refractivity contribution in [2.45, 2.75) is 33.2 Å².